The first kappa shape index (κ1) is 30.1. The molecule has 0 spiro atoms. The van der Waals surface area contributed by atoms with Crippen LogP contribution in [-0.4, -0.2) is 49.5 Å². The molecule has 0 radical (unpaired) electrons. The second kappa shape index (κ2) is 13.2. The van der Waals surface area contributed by atoms with E-state index in [4.69, 9.17) is 11.6 Å². The van der Waals surface area contributed by atoms with Gasteiger partial charge in [-0.3, -0.25) is 4.79 Å². The van der Waals surface area contributed by atoms with Crippen molar-refractivity contribution in [1.29, 1.82) is 0 Å². The zero-order chi connectivity index (χ0) is 26.1. The minimum Gasteiger partial charge on any atom is -0.420 e. The van der Waals surface area contributed by atoms with Gasteiger partial charge in [0.05, 0.1) is 15.3 Å². The van der Waals surface area contributed by atoms with Crippen LogP contribution in [0.4, 0.5) is 20.3 Å². The molecule has 7 nitrogen and oxygen atoms in total. The maximum absolute atomic E-state index is 12.6. The molecule has 2 aromatic rings. The van der Waals surface area contributed by atoms with Gasteiger partial charge in [-0.1, -0.05) is 27.7 Å². The van der Waals surface area contributed by atoms with Crippen LogP contribution in [0, 0.1) is 0 Å². The number of pyridine rings is 1. The highest BCUT2D eigenvalue weighted by Gasteiger charge is 2.31. The molecule has 0 saturated carbocycles. The molecule has 1 unspecified atom stereocenters. The fourth-order valence-corrected chi connectivity index (χ4v) is 4.67. The number of halogens is 4. The van der Waals surface area contributed by atoms with E-state index in [0.717, 1.165) is 0 Å². The Bertz CT molecular complexity index is 1050. The van der Waals surface area contributed by atoms with Crippen LogP contribution in [0.25, 0.3) is 0 Å². The summed E-state index contributed by atoms with van der Waals surface area (Å²) in [5.41, 5.74) is -3.20. The Hall–Kier alpha value is -1.98. The van der Waals surface area contributed by atoms with Gasteiger partial charge in [0.15, 0.2) is 9.84 Å². The summed E-state index contributed by atoms with van der Waals surface area (Å²) in [6.45, 7) is 8.89. The van der Waals surface area contributed by atoms with Crippen LogP contribution in [0.2, 0.25) is 0 Å². The summed E-state index contributed by atoms with van der Waals surface area (Å²) in [6.07, 6.45) is 3.12. The van der Waals surface area contributed by atoms with E-state index in [9.17, 15) is 22.0 Å². The first-order valence-corrected chi connectivity index (χ1v) is 13.8. The van der Waals surface area contributed by atoms with Crippen molar-refractivity contribution in [3.05, 3.63) is 46.6 Å². The van der Waals surface area contributed by atoms with E-state index in [1.54, 1.807) is 6.07 Å². The Labute approximate surface area is 212 Å². The Morgan fingerprint density at radius 1 is 1.24 bits per heavy atom. The topological polar surface area (TPSA) is 88.6 Å². The molecule has 1 aromatic heterocycles. The second-order valence-corrected chi connectivity index (χ2v) is 10.4. The Morgan fingerprint density at radius 3 is 2.29 bits per heavy atom. The van der Waals surface area contributed by atoms with E-state index in [1.165, 1.54) is 36.7 Å². The number of nitrogens with one attached hydrogen (secondary N) is 1. The van der Waals surface area contributed by atoms with E-state index in [-0.39, 0.29) is 11.3 Å². The molecule has 1 atom stereocenters. The molecule has 1 amide bonds. The van der Waals surface area contributed by atoms with E-state index in [2.05, 4.69) is 31.0 Å². The van der Waals surface area contributed by atoms with E-state index < -0.39 is 26.6 Å². The van der Waals surface area contributed by atoms with Crippen molar-refractivity contribution in [2.75, 3.05) is 29.6 Å². The van der Waals surface area contributed by atoms with Crippen molar-refractivity contribution in [3.63, 3.8) is 0 Å². The lowest BCUT2D eigenvalue weighted by Gasteiger charge is -2.19. The molecule has 1 aliphatic rings. The molecule has 34 heavy (non-hydrogen) atoms. The Balaban J connectivity index is 0.00000137. The molecule has 0 bridgehead atoms. The number of carbonyl (C=O) groups is 1. The lowest BCUT2D eigenvalue weighted by molar-refractivity contribution is -0.0964. The summed E-state index contributed by atoms with van der Waals surface area (Å²) in [5.74, 6) is -0.0532. The van der Waals surface area contributed by atoms with Crippen LogP contribution >= 0.6 is 27.5 Å². The second-order valence-electron chi connectivity index (χ2n) is 6.74. The van der Waals surface area contributed by atoms with Gasteiger partial charge in [-0.2, -0.15) is 0 Å². The number of aromatic nitrogens is 1. The molecule has 3 rings (SSSR count). The molecule has 12 heteroatoms. The number of carbonyl (C=O) groups excluding carboxylic acids is 1. The van der Waals surface area contributed by atoms with Gasteiger partial charge in [0, 0.05) is 42.8 Å². The van der Waals surface area contributed by atoms with E-state index >= 15 is 0 Å². The van der Waals surface area contributed by atoms with Gasteiger partial charge in [0.1, 0.15) is 11.6 Å². The van der Waals surface area contributed by atoms with Crippen LogP contribution in [0.15, 0.2) is 41.0 Å². The van der Waals surface area contributed by atoms with Crippen molar-refractivity contribution in [2.45, 2.75) is 44.9 Å². The van der Waals surface area contributed by atoms with Crippen LogP contribution < -0.4 is 15.0 Å². The summed E-state index contributed by atoms with van der Waals surface area (Å²) in [6, 6.07) is 6.85. The SMILES string of the molecule is CC.CC.CS(=O)(=O)C1CCN(c2ncc(C(=O)Nc3ccc(OC(F)(F)Cl)cc3)cc2Br)C1. The number of anilines is 2. The number of hydrogen-bond acceptors (Lipinski definition) is 6. The maximum Gasteiger partial charge on any atom is 0.487 e. The third kappa shape index (κ3) is 8.99. The lowest BCUT2D eigenvalue weighted by Crippen LogP contribution is -2.27. The summed E-state index contributed by atoms with van der Waals surface area (Å²) in [7, 11) is -3.13. The molecule has 0 aliphatic carbocycles. The van der Waals surface area contributed by atoms with E-state index in [0.29, 0.717) is 35.5 Å². The fraction of sp³-hybridized carbons (Fsp3) is 0.455. The van der Waals surface area contributed by atoms with Crippen LogP contribution in [0.3, 0.4) is 0 Å². The van der Waals surface area contributed by atoms with Crippen molar-refractivity contribution in [2.24, 2.45) is 0 Å². The largest absolute Gasteiger partial charge is 0.487 e. The number of amides is 1. The molecule has 190 valence electrons. The molecular formula is C22H29BrClF2N3O4S. The molecule has 2 heterocycles. The van der Waals surface area contributed by atoms with Crippen molar-refractivity contribution >= 4 is 54.8 Å². The average Bonchev–Trinajstić information content (AvgIpc) is 3.27. The number of hydrogen-bond donors (Lipinski definition) is 1. The van der Waals surface area contributed by atoms with Gasteiger partial charge in [-0.05, 0) is 52.7 Å². The van der Waals surface area contributed by atoms with Gasteiger partial charge in [0.2, 0.25) is 0 Å². The Morgan fingerprint density at radius 2 is 1.82 bits per heavy atom. The molecule has 1 fully saturated rings. The molecule has 1 N–H and O–H groups in total. The highest BCUT2D eigenvalue weighted by molar-refractivity contribution is 9.10. The highest BCUT2D eigenvalue weighted by atomic mass is 79.9. The predicted octanol–water partition coefficient (Wildman–Crippen LogP) is 5.94. The summed E-state index contributed by atoms with van der Waals surface area (Å²) < 4.78 is 53.5. The van der Waals surface area contributed by atoms with Gasteiger partial charge in [-0.15, -0.1) is 8.78 Å². The normalized spacial score (nSPS) is 15.4. The fourth-order valence-electron chi connectivity index (χ4n) is 3.00. The van der Waals surface area contributed by atoms with Crippen LogP contribution in [0.5, 0.6) is 5.75 Å². The standard InChI is InChI=1S/C18H17BrClF2N3O4S.2C2H6/c1-30(27,28)14-6-7-25(10-14)16-15(19)8-11(9-23-16)17(26)24-12-2-4-13(5-3-12)29-18(20,21)22;2*1-2/h2-5,8-9,14H,6-7,10H2,1H3,(H,24,26);2*1-2H3. The zero-order valence-corrected chi connectivity index (χ0v) is 22.8. The molecule has 1 saturated heterocycles. The van der Waals surface area contributed by atoms with Crippen molar-refractivity contribution in [1.82, 2.24) is 4.98 Å². The minimum absolute atomic E-state index is 0.153. The number of alkyl halides is 3. The number of ether oxygens (including phenoxy) is 1. The van der Waals surface area contributed by atoms with Gasteiger partial charge < -0.3 is 15.0 Å². The van der Waals surface area contributed by atoms with Crippen LogP contribution in [-0.2, 0) is 9.84 Å². The molecule has 1 aromatic carbocycles. The first-order valence-electron chi connectivity index (χ1n) is 10.7. The average molecular weight is 585 g/mol. The van der Waals surface area contributed by atoms with Gasteiger partial charge in [0.25, 0.3) is 5.91 Å². The van der Waals surface area contributed by atoms with Gasteiger partial charge in [-0.25, -0.2) is 13.4 Å². The highest BCUT2D eigenvalue weighted by Crippen LogP contribution is 2.30. The number of nitrogens with zero attached hydrogens (tertiary/aromatic N) is 2. The number of rotatable bonds is 6. The summed E-state index contributed by atoms with van der Waals surface area (Å²) in [4.78, 5) is 18.6. The maximum atomic E-state index is 12.6. The number of sulfone groups is 1. The van der Waals surface area contributed by atoms with Crippen LogP contribution in [0.1, 0.15) is 44.5 Å². The summed E-state index contributed by atoms with van der Waals surface area (Å²) >= 11 is 8.09. The number of benzene rings is 1. The van der Waals surface area contributed by atoms with Crippen molar-refractivity contribution in [3.8, 4) is 5.75 Å². The van der Waals surface area contributed by atoms with Gasteiger partial charge >= 0.3 is 5.57 Å². The lowest BCUT2D eigenvalue weighted by atomic mass is 10.2. The first-order chi connectivity index (χ1) is 15.9. The minimum atomic E-state index is -3.82. The quantitative estimate of drug-likeness (QED) is 0.423. The third-order valence-electron chi connectivity index (χ3n) is 4.48. The third-order valence-corrected chi connectivity index (χ3v) is 6.74. The summed E-state index contributed by atoms with van der Waals surface area (Å²) in [5, 5.41) is 2.18. The molecular weight excluding hydrogens is 556 g/mol. The van der Waals surface area contributed by atoms with Crippen molar-refractivity contribution < 1.29 is 26.7 Å². The van der Waals surface area contributed by atoms with E-state index in [1.807, 2.05) is 32.6 Å². The predicted molar refractivity (Wildman–Crippen MR) is 136 cm³/mol. The zero-order valence-electron chi connectivity index (χ0n) is 19.6. The smallest absolute Gasteiger partial charge is 0.420 e. The Kier molecular flexibility index (Phi) is 11.7. The molecule has 1 aliphatic heterocycles. The monoisotopic (exact) mass is 583 g/mol.